The van der Waals surface area contributed by atoms with Crippen LogP contribution in [-0.4, -0.2) is 181 Å². The van der Waals surface area contributed by atoms with Gasteiger partial charge >= 0.3 is 11.9 Å². The molecule has 1 aromatic heterocycles. The molecule has 75 heavy (non-hydrogen) atoms. The first kappa shape index (κ1) is 60.9. The molecule has 20 N–H and O–H groups in total. The number of carbonyl (C=O) groups is 11. The first-order valence-corrected chi connectivity index (χ1v) is 23.7. The average molecular weight is 1060 g/mol. The van der Waals surface area contributed by atoms with Gasteiger partial charge in [0, 0.05) is 37.8 Å². The number of likely N-dealkylation sites (tertiary alicyclic amines) is 1. The van der Waals surface area contributed by atoms with Crippen LogP contribution in [0.15, 0.2) is 41.8 Å². The number of aromatic nitrogens is 2. The van der Waals surface area contributed by atoms with E-state index in [2.05, 4.69) is 52.2 Å². The number of amides is 9. The van der Waals surface area contributed by atoms with Crippen molar-refractivity contribution in [2.45, 2.75) is 120 Å². The fraction of sp³-hybridized carbons (Fsp3) is 0.533. The van der Waals surface area contributed by atoms with Crippen molar-refractivity contribution >= 4 is 71.1 Å². The van der Waals surface area contributed by atoms with E-state index in [1.807, 2.05) is 0 Å². The van der Waals surface area contributed by atoms with Gasteiger partial charge in [-0.3, -0.25) is 52.9 Å². The number of phenolic OH excluding ortho intramolecular Hbond substituents is 1. The summed E-state index contributed by atoms with van der Waals surface area (Å²) < 4.78 is 0. The van der Waals surface area contributed by atoms with Crippen molar-refractivity contribution in [3.05, 3.63) is 48.0 Å². The minimum atomic E-state index is -1.78. The number of guanidine groups is 1. The number of carboxylic acids is 2. The summed E-state index contributed by atoms with van der Waals surface area (Å²) >= 11 is 0. The van der Waals surface area contributed by atoms with E-state index in [0.29, 0.717) is 11.3 Å². The van der Waals surface area contributed by atoms with Crippen molar-refractivity contribution in [1.29, 1.82) is 0 Å². The van der Waals surface area contributed by atoms with Crippen molar-refractivity contribution in [3.8, 4) is 5.75 Å². The number of rotatable bonds is 31. The molecule has 2 aromatic rings. The number of nitrogens with one attached hydrogen (secondary N) is 8. The number of aliphatic hydroxyl groups is 1. The number of aromatic amines is 1. The number of carboxylic acid groups (broad SMARTS) is 2. The molecule has 30 heteroatoms. The number of aliphatic hydroxyl groups excluding tert-OH is 1. The highest BCUT2D eigenvalue weighted by Crippen LogP contribution is 2.20. The van der Waals surface area contributed by atoms with Gasteiger partial charge in [0.2, 0.25) is 53.2 Å². The largest absolute Gasteiger partial charge is 0.508 e. The first-order chi connectivity index (χ1) is 35.4. The predicted molar refractivity (Wildman–Crippen MR) is 262 cm³/mol. The van der Waals surface area contributed by atoms with Gasteiger partial charge in [-0.25, -0.2) is 9.78 Å². The van der Waals surface area contributed by atoms with Crippen LogP contribution >= 0.6 is 0 Å². The molecule has 1 aromatic carbocycles. The maximum Gasteiger partial charge on any atom is 0.326 e. The van der Waals surface area contributed by atoms with Crippen molar-refractivity contribution < 1.29 is 73.2 Å². The third-order valence-electron chi connectivity index (χ3n) is 11.4. The summed E-state index contributed by atoms with van der Waals surface area (Å²) in [7, 11) is 0. The number of benzene rings is 1. The summed E-state index contributed by atoms with van der Waals surface area (Å²) in [6, 6.07) is -6.36. The molecule has 0 spiro atoms. The van der Waals surface area contributed by atoms with Crippen LogP contribution in [0.3, 0.4) is 0 Å². The lowest BCUT2D eigenvalue weighted by atomic mass is 10.0. The zero-order valence-corrected chi connectivity index (χ0v) is 41.3. The van der Waals surface area contributed by atoms with E-state index >= 15 is 0 Å². The molecule has 8 atom stereocenters. The standard InChI is InChI=1S/C45H67N15O15/c1-22(2)13-28(39(69)57-30(15-24-18-50-21-53-24)40(70)55-27(44(74)75)5-3-11-51-45(48)49)58-42(72)33-6-4-12-60(33)43(73)32(20-61)59-41(71)31(17-34(47)63)54-35(64)19-52-38(68)29(14-23-7-9-25(62)10-8-23)56-37(67)26(46)16-36(65)66/h7-10,18,21-22,26-33,61-62H,3-6,11-17,19-20,46H2,1-2H3,(H2,47,63)(H,50,53)(H,52,68)(H,54,64)(H,55,70)(H,56,67)(H,57,69)(H,58,72)(H,59,71)(H,65,66)(H,74,75)(H4,48,49,51). The minimum absolute atomic E-state index is 0.0331. The second-order valence-corrected chi connectivity index (χ2v) is 18.0. The predicted octanol–water partition coefficient (Wildman–Crippen LogP) is -6.23. The number of H-pyrrole nitrogens is 1. The number of nitrogens with zero attached hydrogens (tertiary/aromatic N) is 3. The Balaban J connectivity index is 1.72. The molecule has 0 saturated carbocycles. The van der Waals surface area contributed by atoms with Gasteiger partial charge in [0.25, 0.3) is 0 Å². The summed E-state index contributed by atoms with van der Waals surface area (Å²) in [5.74, 6) is -12.1. The molecule has 1 aliphatic rings. The van der Waals surface area contributed by atoms with Crippen LogP contribution in [-0.2, 0) is 65.6 Å². The third-order valence-corrected chi connectivity index (χ3v) is 11.4. The second kappa shape index (κ2) is 29.9. The number of imidazole rings is 1. The molecule has 1 fully saturated rings. The van der Waals surface area contributed by atoms with E-state index in [-0.39, 0.29) is 75.7 Å². The molecule has 412 valence electrons. The van der Waals surface area contributed by atoms with E-state index in [1.54, 1.807) is 13.8 Å². The Bertz CT molecular complexity index is 2360. The molecule has 2 heterocycles. The van der Waals surface area contributed by atoms with Gasteiger partial charge < -0.3 is 90.5 Å². The van der Waals surface area contributed by atoms with Crippen LogP contribution in [0.5, 0.6) is 5.75 Å². The maximum absolute atomic E-state index is 14.0. The molecule has 8 unspecified atom stereocenters. The van der Waals surface area contributed by atoms with Crippen molar-refractivity contribution in [2.75, 3.05) is 26.2 Å². The number of hydrogen-bond acceptors (Lipinski definition) is 16. The fourth-order valence-corrected chi connectivity index (χ4v) is 7.65. The number of carbonyl (C=O) groups excluding carboxylic acids is 9. The zero-order chi connectivity index (χ0) is 55.9. The van der Waals surface area contributed by atoms with Crippen LogP contribution in [0.25, 0.3) is 0 Å². The Labute approximate surface area is 429 Å². The molecule has 3 rings (SSSR count). The Hall–Kier alpha value is -8.41. The third kappa shape index (κ3) is 20.9. The molecule has 1 aliphatic heterocycles. The second-order valence-electron chi connectivity index (χ2n) is 18.0. The Morgan fingerprint density at radius 3 is 1.97 bits per heavy atom. The van der Waals surface area contributed by atoms with Gasteiger partial charge in [0.15, 0.2) is 5.96 Å². The van der Waals surface area contributed by atoms with Crippen LogP contribution in [0.2, 0.25) is 0 Å². The average Bonchev–Trinajstić information content (AvgIpc) is 4.05. The van der Waals surface area contributed by atoms with Crippen LogP contribution < -0.4 is 60.2 Å². The number of primary amides is 1. The van der Waals surface area contributed by atoms with Crippen molar-refractivity contribution in [3.63, 3.8) is 0 Å². The molecule has 0 aliphatic carbocycles. The lowest BCUT2D eigenvalue weighted by Gasteiger charge is -2.30. The highest BCUT2D eigenvalue weighted by Gasteiger charge is 2.40. The van der Waals surface area contributed by atoms with Crippen LogP contribution in [0.1, 0.15) is 70.1 Å². The van der Waals surface area contributed by atoms with Crippen LogP contribution in [0, 0.1) is 5.92 Å². The SMILES string of the molecule is CC(C)CC(NC(=O)C1CCCN1C(=O)C(CO)NC(=O)C(CC(N)=O)NC(=O)CNC(=O)C(Cc1ccc(O)cc1)NC(=O)C(N)CC(=O)O)C(=O)NC(Cc1cnc[nH]1)C(=O)NC(CCCN=C(N)N)C(=O)O. The molecule has 1 saturated heterocycles. The quantitative estimate of drug-likeness (QED) is 0.0190. The molecule has 0 radical (unpaired) electrons. The number of phenols is 1. The summed E-state index contributed by atoms with van der Waals surface area (Å²) in [4.78, 5) is 155. The number of aliphatic imine (C=N–C) groups is 1. The smallest absolute Gasteiger partial charge is 0.326 e. The van der Waals surface area contributed by atoms with Gasteiger partial charge in [0.05, 0.1) is 38.4 Å². The summed E-state index contributed by atoms with van der Waals surface area (Å²) in [6.07, 6.45) is 1.24. The van der Waals surface area contributed by atoms with Gasteiger partial charge in [-0.1, -0.05) is 26.0 Å². The highest BCUT2D eigenvalue weighted by molar-refractivity contribution is 5.99. The summed E-state index contributed by atoms with van der Waals surface area (Å²) in [5.41, 5.74) is 22.5. The number of nitrogens with two attached hydrogens (primary N) is 4. The van der Waals surface area contributed by atoms with E-state index in [9.17, 15) is 68.1 Å². The minimum Gasteiger partial charge on any atom is -0.508 e. The number of aliphatic carboxylic acids is 2. The van der Waals surface area contributed by atoms with Gasteiger partial charge in [-0.15, -0.1) is 0 Å². The van der Waals surface area contributed by atoms with Gasteiger partial charge in [-0.2, -0.15) is 0 Å². The van der Waals surface area contributed by atoms with Gasteiger partial charge in [0.1, 0.15) is 48.0 Å². The number of aromatic hydroxyl groups is 1. The maximum atomic E-state index is 14.0. The Morgan fingerprint density at radius 1 is 0.773 bits per heavy atom. The van der Waals surface area contributed by atoms with Crippen molar-refractivity contribution in [1.82, 2.24) is 52.1 Å². The Morgan fingerprint density at radius 2 is 1.39 bits per heavy atom. The number of hydrogen-bond donors (Lipinski definition) is 16. The topological polar surface area (TPSA) is 501 Å². The summed E-state index contributed by atoms with van der Waals surface area (Å²) in [5, 5.41) is 55.5. The normalized spacial score (nSPS) is 15.8. The van der Waals surface area contributed by atoms with Crippen molar-refractivity contribution in [2.24, 2.45) is 33.8 Å². The molecular weight excluding hydrogens is 991 g/mol. The van der Waals surface area contributed by atoms with Crippen LogP contribution in [0.4, 0.5) is 0 Å². The molecule has 9 amide bonds. The lowest BCUT2D eigenvalue weighted by molar-refractivity contribution is -0.143. The summed E-state index contributed by atoms with van der Waals surface area (Å²) in [6.45, 7) is 1.66. The fourth-order valence-electron chi connectivity index (χ4n) is 7.65. The van der Waals surface area contributed by atoms with E-state index < -0.39 is 139 Å². The first-order valence-electron chi connectivity index (χ1n) is 23.7. The van der Waals surface area contributed by atoms with Gasteiger partial charge in [-0.05, 0) is 55.7 Å². The monoisotopic (exact) mass is 1060 g/mol. The Kier molecular flexibility index (Phi) is 24.3. The molecule has 30 nitrogen and oxygen atoms in total. The molecule has 0 bridgehead atoms. The van der Waals surface area contributed by atoms with E-state index in [1.165, 1.54) is 36.8 Å². The lowest BCUT2D eigenvalue weighted by Crippen LogP contribution is -2.60. The van der Waals surface area contributed by atoms with E-state index in [0.717, 1.165) is 4.90 Å². The highest BCUT2D eigenvalue weighted by atomic mass is 16.4. The van der Waals surface area contributed by atoms with E-state index in [4.69, 9.17) is 28.0 Å². The zero-order valence-electron chi connectivity index (χ0n) is 41.3. The molecular formula is C45H67N15O15.